The lowest BCUT2D eigenvalue weighted by Gasteiger charge is -2.34. The molecule has 158 valence electrons. The molecule has 2 aromatic carbocycles. The molecule has 0 N–H and O–H groups in total. The lowest BCUT2D eigenvalue weighted by Crippen LogP contribution is -2.38. The van der Waals surface area contributed by atoms with E-state index >= 15 is 0 Å². The van der Waals surface area contributed by atoms with Crippen molar-refractivity contribution in [3.63, 3.8) is 0 Å². The molecule has 0 amide bonds. The Morgan fingerprint density at radius 3 is 2.45 bits per heavy atom. The fraction of sp³-hybridized carbons (Fsp3) is 0.520. The maximum Gasteiger partial charge on any atom is 0.119 e. The Morgan fingerprint density at radius 1 is 1.00 bits per heavy atom. The molecule has 4 nitrogen and oxygen atoms in total. The number of benzene rings is 2. The van der Waals surface area contributed by atoms with Crippen LogP contribution >= 0.6 is 0 Å². The van der Waals surface area contributed by atoms with Crippen molar-refractivity contribution in [2.24, 2.45) is 5.92 Å². The zero-order valence-corrected chi connectivity index (χ0v) is 18.3. The van der Waals surface area contributed by atoms with Crippen molar-refractivity contribution in [3.8, 4) is 11.5 Å². The third kappa shape index (κ3) is 7.06. The Balaban J connectivity index is 1.37. The van der Waals surface area contributed by atoms with Crippen LogP contribution in [0.15, 0.2) is 48.5 Å². The SMILES string of the molecule is CCOc1cccc(CN(C)CC2CCN(CCc3ccc(OC)cc3)CC2)c1. The molecule has 0 radical (unpaired) electrons. The standard InChI is InChI=1S/C25H36N2O2/c1-4-29-25-7-5-6-23(18-25)20-26(2)19-22-13-16-27(17-14-22)15-12-21-8-10-24(28-3)11-9-21/h5-11,18,22H,4,12-17,19-20H2,1-3H3. The van der Waals surface area contributed by atoms with Crippen molar-refractivity contribution in [1.29, 1.82) is 0 Å². The lowest BCUT2D eigenvalue weighted by atomic mass is 9.95. The zero-order valence-electron chi connectivity index (χ0n) is 18.3. The molecular weight excluding hydrogens is 360 g/mol. The maximum atomic E-state index is 5.63. The number of piperidine rings is 1. The molecule has 1 saturated heterocycles. The minimum absolute atomic E-state index is 0.719. The molecule has 0 unspecified atom stereocenters. The van der Waals surface area contributed by atoms with Gasteiger partial charge in [-0.15, -0.1) is 0 Å². The van der Waals surface area contributed by atoms with E-state index in [1.54, 1.807) is 7.11 Å². The van der Waals surface area contributed by atoms with Crippen LogP contribution in [0.25, 0.3) is 0 Å². The van der Waals surface area contributed by atoms with Crippen molar-refractivity contribution in [3.05, 3.63) is 59.7 Å². The fourth-order valence-corrected chi connectivity index (χ4v) is 4.19. The maximum absolute atomic E-state index is 5.63. The van der Waals surface area contributed by atoms with Gasteiger partial charge in [0.25, 0.3) is 0 Å². The van der Waals surface area contributed by atoms with Gasteiger partial charge in [0.05, 0.1) is 13.7 Å². The normalized spacial score (nSPS) is 15.6. The predicted octanol–water partition coefficient (Wildman–Crippen LogP) is 4.48. The highest BCUT2D eigenvalue weighted by Crippen LogP contribution is 2.21. The summed E-state index contributed by atoms with van der Waals surface area (Å²) < 4.78 is 10.9. The van der Waals surface area contributed by atoms with Gasteiger partial charge in [-0.3, -0.25) is 0 Å². The van der Waals surface area contributed by atoms with Crippen LogP contribution in [0.4, 0.5) is 0 Å². The molecule has 4 heteroatoms. The Bertz CT molecular complexity index is 724. The number of methoxy groups -OCH3 is 1. The molecule has 0 atom stereocenters. The van der Waals surface area contributed by atoms with Gasteiger partial charge in [0.15, 0.2) is 0 Å². The van der Waals surface area contributed by atoms with Gasteiger partial charge in [-0.05, 0) is 87.6 Å². The minimum atomic E-state index is 0.719. The molecule has 0 aromatic heterocycles. The number of hydrogen-bond donors (Lipinski definition) is 0. The second-order valence-corrected chi connectivity index (χ2v) is 8.16. The fourth-order valence-electron chi connectivity index (χ4n) is 4.19. The summed E-state index contributed by atoms with van der Waals surface area (Å²) in [5.74, 6) is 2.71. The molecule has 0 saturated carbocycles. The summed E-state index contributed by atoms with van der Waals surface area (Å²) in [6, 6.07) is 17.0. The van der Waals surface area contributed by atoms with Gasteiger partial charge in [-0.1, -0.05) is 24.3 Å². The Morgan fingerprint density at radius 2 is 1.76 bits per heavy atom. The summed E-state index contributed by atoms with van der Waals surface area (Å²) in [5.41, 5.74) is 2.72. The topological polar surface area (TPSA) is 24.9 Å². The number of nitrogens with zero attached hydrogens (tertiary/aromatic N) is 2. The smallest absolute Gasteiger partial charge is 0.119 e. The molecule has 1 fully saturated rings. The molecule has 1 aliphatic rings. The highest BCUT2D eigenvalue weighted by atomic mass is 16.5. The highest BCUT2D eigenvalue weighted by Gasteiger charge is 2.20. The van der Waals surface area contributed by atoms with Crippen LogP contribution in [0, 0.1) is 5.92 Å². The zero-order chi connectivity index (χ0) is 20.5. The second-order valence-electron chi connectivity index (χ2n) is 8.16. The summed E-state index contributed by atoms with van der Waals surface area (Å²) in [5, 5.41) is 0. The molecule has 0 bridgehead atoms. The van der Waals surface area contributed by atoms with Gasteiger partial charge in [0.1, 0.15) is 11.5 Å². The van der Waals surface area contributed by atoms with Crippen LogP contribution in [0.5, 0.6) is 11.5 Å². The molecule has 3 rings (SSSR count). The van der Waals surface area contributed by atoms with Gasteiger partial charge in [0.2, 0.25) is 0 Å². The first-order valence-electron chi connectivity index (χ1n) is 10.9. The Labute approximate surface area is 176 Å². The highest BCUT2D eigenvalue weighted by molar-refractivity contribution is 5.28. The van der Waals surface area contributed by atoms with E-state index in [0.717, 1.165) is 43.5 Å². The Hall–Kier alpha value is -2.04. The summed E-state index contributed by atoms with van der Waals surface area (Å²) in [4.78, 5) is 5.08. The van der Waals surface area contributed by atoms with Crippen molar-refractivity contribution < 1.29 is 9.47 Å². The van der Waals surface area contributed by atoms with Crippen molar-refractivity contribution in [2.75, 3.05) is 46.9 Å². The minimum Gasteiger partial charge on any atom is -0.497 e. The van der Waals surface area contributed by atoms with E-state index in [4.69, 9.17) is 9.47 Å². The third-order valence-electron chi connectivity index (χ3n) is 5.81. The average Bonchev–Trinajstić information content (AvgIpc) is 2.74. The molecule has 29 heavy (non-hydrogen) atoms. The van der Waals surface area contributed by atoms with Gasteiger partial charge in [0, 0.05) is 19.6 Å². The van der Waals surface area contributed by atoms with E-state index in [2.05, 4.69) is 59.3 Å². The first-order valence-corrected chi connectivity index (χ1v) is 10.9. The van der Waals surface area contributed by atoms with Crippen molar-refractivity contribution in [2.45, 2.75) is 32.7 Å². The van der Waals surface area contributed by atoms with Gasteiger partial charge in [-0.25, -0.2) is 0 Å². The molecule has 1 aliphatic heterocycles. The number of likely N-dealkylation sites (tertiary alicyclic amines) is 1. The third-order valence-corrected chi connectivity index (χ3v) is 5.81. The summed E-state index contributed by atoms with van der Waals surface area (Å²) in [6.45, 7) is 8.49. The van der Waals surface area contributed by atoms with Crippen molar-refractivity contribution in [1.82, 2.24) is 9.80 Å². The largest absolute Gasteiger partial charge is 0.497 e. The van der Waals surface area contributed by atoms with Crippen LogP contribution in [0.1, 0.15) is 30.9 Å². The summed E-state index contributed by atoms with van der Waals surface area (Å²) in [7, 11) is 3.96. The number of rotatable bonds is 10. The predicted molar refractivity (Wildman–Crippen MR) is 120 cm³/mol. The van der Waals surface area contributed by atoms with E-state index < -0.39 is 0 Å². The first-order chi connectivity index (χ1) is 14.2. The molecule has 2 aromatic rings. The average molecular weight is 397 g/mol. The molecular formula is C25H36N2O2. The van der Waals surface area contributed by atoms with E-state index in [0.29, 0.717) is 0 Å². The van der Waals surface area contributed by atoms with Gasteiger partial charge >= 0.3 is 0 Å². The van der Waals surface area contributed by atoms with Crippen LogP contribution in [0.2, 0.25) is 0 Å². The monoisotopic (exact) mass is 396 g/mol. The van der Waals surface area contributed by atoms with E-state index in [1.807, 2.05) is 13.0 Å². The van der Waals surface area contributed by atoms with Crippen LogP contribution in [0.3, 0.4) is 0 Å². The molecule has 1 heterocycles. The van der Waals surface area contributed by atoms with E-state index in [-0.39, 0.29) is 0 Å². The second kappa shape index (κ2) is 11.2. The van der Waals surface area contributed by atoms with E-state index in [9.17, 15) is 0 Å². The quantitative estimate of drug-likeness (QED) is 0.591. The first kappa shape index (κ1) is 21.7. The van der Waals surface area contributed by atoms with E-state index in [1.165, 1.54) is 43.6 Å². The van der Waals surface area contributed by atoms with Crippen LogP contribution in [-0.2, 0) is 13.0 Å². The summed E-state index contributed by atoms with van der Waals surface area (Å²) in [6.07, 6.45) is 3.71. The summed E-state index contributed by atoms with van der Waals surface area (Å²) >= 11 is 0. The van der Waals surface area contributed by atoms with Gasteiger partial charge in [-0.2, -0.15) is 0 Å². The lowest BCUT2D eigenvalue weighted by molar-refractivity contribution is 0.153. The van der Waals surface area contributed by atoms with Gasteiger partial charge < -0.3 is 19.3 Å². The van der Waals surface area contributed by atoms with Crippen LogP contribution < -0.4 is 9.47 Å². The molecule has 0 aliphatic carbocycles. The number of hydrogen-bond acceptors (Lipinski definition) is 4. The number of ether oxygens (including phenoxy) is 2. The van der Waals surface area contributed by atoms with Crippen molar-refractivity contribution >= 4 is 0 Å². The van der Waals surface area contributed by atoms with Crippen LogP contribution in [-0.4, -0.2) is 56.7 Å². The molecule has 0 spiro atoms. The Kier molecular flexibility index (Phi) is 8.38.